The third-order valence-corrected chi connectivity index (χ3v) is 5.92. The van der Waals surface area contributed by atoms with Crippen LogP contribution >= 0.6 is 11.6 Å². The SMILES string of the molecule is Cc1cc(Nc2nc(N3CCN(C(=O)Cc4ccccc4Cl)CC3)nn3cccc23)n[nH]1. The number of aryl methyl sites for hydroxylation is 1. The van der Waals surface area contributed by atoms with Crippen LogP contribution < -0.4 is 10.2 Å². The Kier molecular flexibility index (Phi) is 5.40. The van der Waals surface area contributed by atoms with Crippen LogP contribution in [0.4, 0.5) is 17.6 Å². The summed E-state index contributed by atoms with van der Waals surface area (Å²) in [6, 6.07) is 13.3. The number of hydrogen-bond acceptors (Lipinski definition) is 6. The average Bonchev–Trinajstić information content (AvgIpc) is 3.44. The average molecular weight is 451 g/mol. The minimum Gasteiger partial charge on any atom is -0.339 e. The quantitative estimate of drug-likeness (QED) is 0.485. The second-order valence-corrected chi connectivity index (χ2v) is 8.20. The predicted molar refractivity (Wildman–Crippen MR) is 124 cm³/mol. The lowest BCUT2D eigenvalue weighted by molar-refractivity contribution is -0.130. The molecule has 3 aromatic heterocycles. The molecule has 32 heavy (non-hydrogen) atoms. The summed E-state index contributed by atoms with van der Waals surface area (Å²) < 4.78 is 1.80. The molecule has 0 unspecified atom stereocenters. The molecule has 0 atom stereocenters. The van der Waals surface area contributed by atoms with Crippen molar-refractivity contribution in [2.24, 2.45) is 0 Å². The highest BCUT2D eigenvalue weighted by molar-refractivity contribution is 6.31. The molecule has 2 N–H and O–H groups in total. The summed E-state index contributed by atoms with van der Waals surface area (Å²) in [5, 5.41) is 15.7. The van der Waals surface area contributed by atoms with Crippen LogP contribution in [0.15, 0.2) is 48.7 Å². The summed E-state index contributed by atoms with van der Waals surface area (Å²) in [6.45, 7) is 4.47. The molecule has 9 nitrogen and oxygen atoms in total. The summed E-state index contributed by atoms with van der Waals surface area (Å²) in [5.41, 5.74) is 2.68. The lowest BCUT2D eigenvalue weighted by Gasteiger charge is -2.35. The van der Waals surface area contributed by atoms with Gasteiger partial charge in [-0.2, -0.15) is 10.1 Å². The van der Waals surface area contributed by atoms with Crippen molar-refractivity contribution < 1.29 is 4.79 Å². The van der Waals surface area contributed by atoms with Crippen molar-refractivity contribution in [2.75, 3.05) is 36.4 Å². The number of hydrogen-bond donors (Lipinski definition) is 2. The highest BCUT2D eigenvalue weighted by Crippen LogP contribution is 2.23. The van der Waals surface area contributed by atoms with Gasteiger partial charge in [0, 0.05) is 49.2 Å². The Bertz CT molecular complexity index is 1260. The van der Waals surface area contributed by atoms with E-state index in [9.17, 15) is 4.79 Å². The zero-order valence-electron chi connectivity index (χ0n) is 17.6. The van der Waals surface area contributed by atoms with Gasteiger partial charge in [0.2, 0.25) is 11.9 Å². The fourth-order valence-corrected chi connectivity index (χ4v) is 4.03. The number of nitrogens with one attached hydrogen (secondary N) is 2. The first kappa shape index (κ1) is 20.3. The standard InChI is InChI=1S/C22H23ClN8O/c1-15-13-19(27-26-15)24-21-18-7-4-8-31(18)28-22(25-21)30-11-9-29(10-12-30)20(32)14-16-5-2-3-6-17(16)23/h2-8,13H,9-12,14H2,1H3,(H2,24,25,26,27,28). The largest absolute Gasteiger partial charge is 0.339 e. The number of carbonyl (C=O) groups is 1. The van der Waals surface area contributed by atoms with E-state index < -0.39 is 0 Å². The Hall–Kier alpha value is -3.59. The topological polar surface area (TPSA) is 94.5 Å². The third-order valence-electron chi connectivity index (χ3n) is 5.55. The zero-order valence-corrected chi connectivity index (χ0v) is 18.4. The van der Waals surface area contributed by atoms with Gasteiger partial charge in [-0.05, 0) is 30.7 Å². The Labute approximate surface area is 190 Å². The van der Waals surface area contributed by atoms with Gasteiger partial charge in [0.05, 0.1) is 6.42 Å². The van der Waals surface area contributed by atoms with E-state index >= 15 is 0 Å². The second-order valence-electron chi connectivity index (χ2n) is 7.80. The Morgan fingerprint density at radius 1 is 1.16 bits per heavy atom. The Morgan fingerprint density at radius 3 is 2.72 bits per heavy atom. The molecule has 1 fully saturated rings. The number of fused-ring (bicyclic) bond motifs is 1. The van der Waals surface area contributed by atoms with Crippen LogP contribution in [0.3, 0.4) is 0 Å². The van der Waals surface area contributed by atoms with Crippen LogP contribution in [0.2, 0.25) is 5.02 Å². The Balaban J connectivity index is 1.29. The van der Waals surface area contributed by atoms with Gasteiger partial charge in [0.1, 0.15) is 5.52 Å². The molecular weight excluding hydrogens is 428 g/mol. The van der Waals surface area contributed by atoms with Crippen LogP contribution in [0.1, 0.15) is 11.3 Å². The van der Waals surface area contributed by atoms with Crippen LogP contribution in [-0.2, 0) is 11.2 Å². The lowest BCUT2D eigenvalue weighted by atomic mass is 10.1. The maximum absolute atomic E-state index is 12.8. The number of halogens is 1. The van der Waals surface area contributed by atoms with Gasteiger partial charge < -0.3 is 15.1 Å². The van der Waals surface area contributed by atoms with Crippen molar-refractivity contribution in [3.8, 4) is 0 Å². The molecular formula is C22H23ClN8O. The van der Waals surface area contributed by atoms with Crippen molar-refractivity contribution in [2.45, 2.75) is 13.3 Å². The normalized spacial score (nSPS) is 14.2. The fourth-order valence-electron chi connectivity index (χ4n) is 3.82. The summed E-state index contributed by atoms with van der Waals surface area (Å²) in [5.74, 6) is 2.08. The van der Waals surface area contributed by atoms with Gasteiger partial charge in [-0.15, -0.1) is 5.10 Å². The van der Waals surface area contributed by atoms with Crippen molar-refractivity contribution >= 4 is 40.6 Å². The molecule has 5 rings (SSSR count). The highest BCUT2D eigenvalue weighted by Gasteiger charge is 2.24. The summed E-state index contributed by atoms with van der Waals surface area (Å²) in [6.07, 6.45) is 2.20. The van der Waals surface area contributed by atoms with E-state index in [-0.39, 0.29) is 5.91 Å². The molecule has 0 spiro atoms. The number of anilines is 3. The van der Waals surface area contributed by atoms with E-state index in [1.54, 1.807) is 4.52 Å². The van der Waals surface area contributed by atoms with Gasteiger partial charge in [-0.25, -0.2) is 4.52 Å². The predicted octanol–water partition coefficient (Wildman–Crippen LogP) is 3.05. The minimum atomic E-state index is 0.0794. The Morgan fingerprint density at radius 2 is 1.97 bits per heavy atom. The number of H-pyrrole nitrogens is 1. The van der Waals surface area contributed by atoms with Crippen LogP contribution in [0, 0.1) is 6.92 Å². The maximum atomic E-state index is 12.8. The van der Waals surface area contributed by atoms with E-state index in [1.165, 1.54) is 0 Å². The molecule has 1 aromatic carbocycles. The summed E-state index contributed by atoms with van der Waals surface area (Å²) in [4.78, 5) is 21.5. The first-order chi connectivity index (χ1) is 15.6. The minimum absolute atomic E-state index is 0.0794. The van der Waals surface area contributed by atoms with Gasteiger partial charge in [0.15, 0.2) is 11.6 Å². The van der Waals surface area contributed by atoms with E-state index in [2.05, 4.69) is 25.5 Å². The maximum Gasteiger partial charge on any atom is 0.245 e. The number of carbonyl (C=O) groups excluding carboxylic acids is 1. The summed E-state index contributed by atoms with van der Waals surface area (Å²) in [7, 11) is 0. The molecule has 1 amide bonds. The number of benzene rings is 1. The van der Waals surface area contributed by atoms with Crippen LogP contribution in [0.25, 0.3) is 5.52 Å². The van der Waals surface area contributed by atoms with Gasteiger partial charge >= 0.3 is 0 Å². The van der Waals surface area contributed by atoms with Gasteiger partial charge in [-0.1, -0.05) is 29.8 Å². The molecule has 4 heterocycles. The number of aromatic amines is 1. The molecule has 1 saturated heterocycles. The van der Waals surface area contributed by atoms with Crippen molar-refractivity contribution in [1.29, 1.82) is 0 Å². The van der Waals surface area contributed by atoms with Gasteiger partial charge in [-0.3, -0.25) is 9.89 Å². The number of rotatable bonds is 5. The number of aromatic nitrogens is 5. The summed E-state index contributed by atoms with van der Waals surface area (Å²) >= 11 is 6.21. The number of amides is 1. The molecule has 0 aliphatic carbocycles. The smallest absolute Gasteiger partial charge is 0.245 e. The first-order valence-electron chi connectivity index (χ1n) is 10.5. The molecule has 0 bridgehead atoms. The van der Waals surface area contributed by atoms with Crippen LogP contribution in [0.5, 0.6) is 0 Å². The lowest BCUT2D eigenvalue weighted by Crippen LogP contribution is -2.49. The first-order valence-corrected chi connectivity index (χ1v) is 10.9. The zero-order chi connectivity index (χ0) is 22.1. The van der Waals surface area contributed by atoms with Crippen molar-refractivity contribution in [1.82, 2.24) is 29.7 Å². The molecule has 0 saturated carbocycles. The molecule has 10 heteroatoms. The molecule has 4 aromatic rings. The van der Waals surface area contributed by atoms with Crippen molar-refractivity contribution in [3.05, 3.63) is 64.9 Å². The molecule has 164 valence electrons. The van der Waals surface area contributed by atoms with E-state index in [4.69, 9.17) is 16.6 Å². The molecule has 1 aliphatic heterocycles. The monoisotopic (exact) mass is 450 g/mol. The molecule has 0 radical (unpaired) electrons. The highest BCUT2D eigenvalue weighted by atomic mass is 35.5. The third kappa shape index (κ3) is 4.11. The molecule has 1 aliphatic rings. The van der Waals surface area contributed by atoms with E-state index in [1.807, 2.05) is 60.5 Å². The van der Waals surface area contributed by atoms with E-state index in [0.29, 0.717) is 55.2 Å². The second kappa shape index (κ2) is 8.51. The number of nitrogens with zero attached hydrogens (tertiary/aromatic N) is 6. The fraction of sp³-hybridized carbons (Fsp3) is 0.273. The van der Waals surface area contributed by atoms with Crippen LogP contribution in [-0.4, -0.2) is 61.8 Å². The van der Waals surface area contributed by atoms with Gasteiger partial charge in [0.25, 0.3) is 0 Å². The number of piperazine rings is 1. The van der Waals surface area contributed by atoms with E-state index in [0.717, 1.165) is 16.8 Å². The van der Waals surface area contributed by atoms with Crippen molar-refractivity contribution in [3.63, 3.8) is 0 Å².